The van der Waals surface area contributed by atoms with Crippen molar-refractivity contribution in [3.63, 3.8) is 0 Å². The zero-order valence-electron chi connectivity index (χ0n) is 11.8. The van der Waals surface area contributed by atoms with Crippen LogP contribution in [0.15, 0.2) is 0 Å². The van der Waals surface area contributed by atoms with E-state index in [-0.39, 0.29) is 7.14 Å². The highest BCUT2D eigenvalue weighted by Crippen LogP contribution is 2.34. The Kier molecular flexibility index (Phi) is 8.66. The summed E-state index contributed by atoms with van der Waals surface area (Å²) in [5.74, 6) is -5.13. The van der Waals surface area contributed by atoms with E-state index in [4.69, 9.17) is 4.55 Å². The molecule has 2 N–H and O–H groups in total. The van der Waals surface area contributed by atoms with Crippen molar-refractivity contribution in [2.45, 2.75) is 12.3 Å². The molecule has 0 radical (unpaired) electrons. The summed E-state index contributed by atoms with van der Waals surface area (Å²) in [5.41, 5.74) is -1.19. The van der Waals surface area contributed by atoms with Gasteiger partial charge in [0.2, 0.25) is 6.10 Å². The molecule has 1 rings (SSSR count). The van der Waals surface area contributed by atoms with Gasteiger partial charge in [0.1, 0.15) is 5.75 Å². The zero-order chi connectivity index (χ0) is 20.6. The summed E-state index contributed by atoms with van der Waals surface area (Å²) in [6.07, 6.45) is -8.44. The quantitative estimate of drug-likeness (QED) is 0.153. The second-order valence-electron chi connectivity index (χ2n) is 4.50. The Morgan fingerprint density at radius 2 is 1.42 bits per heavy atom. The molecule has 0 aliphatic heterocycles. The molecule has 0 heterocycles. The molecule has 0 fully saturated rings. The van der Waals surface area contributed by atoms with Crippen LogP contribution in [-0.2, 0) is 14.9 Å². The van der Waals surface area contributed by atoms with E-state index in [1.165, 1.54) is 0 Å². The SMILES string of the molecule is O=C(O)c1c(I)c(I)c(I)c(I)c1C(=O)OC(CS(=O)(=O)O)C(F)(F)F. The van der Waals surface area contributed by atoms with Gasteiger partial charge in [0, 0.05) is 14.3 Å². The first-order valence-electron chi connectivity index (χ1n) is 5.90. The van der Waals surface area contributed by atoms with Crippen molar-refractivity contribution in [2.24, 2.45) is 0 Å². The molecule has 146 valence electrons. The number of halogens is 7. The summed E-state index contributed by atoms with van der Waals surface area (Å²) in [6, 6.07) is 0. The van der Waals surface area contributed by atoms with Crippen LogP contribution in [0.1, 0.15) is 20.7 Å². The number of rotatable bonds is 5. The normalized spacial score (nSPS) is 13.4. The fourth-order valence-corrected chi connectivity index (χ4v) is 5.88. The fraction of sp³-hybridized carbons (Fsp3) is 0.273. The Hall–Kier alpha value is 0.780. The maximum Gasteiger partial charge on any atom is 0.426 e. The monoisotopic (exact) mass is 846 g/mol. The van der Waals surface area contributed by atoms with Gasteiger partial charge in [-0.2, -0.15) is 21.6 Å². The smallest absolute Gasteiger partial charge is 0.426 e. The van der Waals surface area contributed by atoms with Crippen molar-refractivity contribution in [2.75, 3.05) is 5.75 Å². The number of aromatic carboxylic acids is 1. The van der Waals surface area contributed by atoms with Crippen LogP contribution in [0.25, 0.3) is 0 Å². The fourth-order valence-electron chi connectivity index (χ4n) is 1.60. The maximum atomic E-state index is 12.9. The molecule has 0 aliphatic carbocycles. The Balaban J connectivity index is 3.51. The Labute approximate surface area is 199 Å². The number of esters is 1. The molecule has 0 amide bonds. The number of carboxylic acid groups (broad SMARTS) is 1. The molecule has 0 bridgehead atoms. The van der Waals surface area contributed by atoms with E-state index < -0.39 is 51.2 Å². The van der Waals surface area contributed by atoms with Gasteiger partial charge in [-0.1, -0.05) is 0 Å². The number of alkyl halides is 3. The average molecular weight is 846 g/mol. The van der Waals surface area contributed by atoms with Gasteiger partial charge in [-0.3, -0.25) is 4.55 Å². The largest absolute Gasteiger partial charge is 0.478 e. The van der Waals surface area contributed by atoms with Gasteiger partial charge in [-0.15, -0.1) is 0 Å². The van der Waals surface area contributed by atoms with E-state index >= 15 is 0 Å². The van der Waals surface area contributed by atoms with E-state index in [9.17, 15) is 36.3 Å². The number of carbonyl (C=O) groups is 2. The van der Waals surface area contributed by atoms with Crippen LogP contribution in [0.2, 0.25) is 0 Å². The first-order valence-corrected chi connectivity index (χ1v) is 11.8. The van der Waals surface area contributed by atoms with Gasteiger partial charge in [-0.05, 0) is 90.4 Å². The van der Waals surface area contributed by atoms with Gasteiger partial charge in [0.25, 0.3) is 10.1 Å². The van der Waals surface area contributed by atoms with Gasteiger partial charge in [0.15, 0.2) is 0 Å². The molecule has 1 atom stereocenters. The highest BCUT2D eigenvalue weighted by atomic mass is 127. The highest BCUT2D eigenvalue weighted by Gasteiger charge is 2.46. The predicted octanol–water partition coefficient (Wildman–Crippen LogP) is 3.78. The number of hydrogen-bond donors (Lipinski definition) is 2. The average Bonchev–Trinajstić information content (AvgIpc) is 2.44. The summed E-state index contributed by atoms with van der Waals surface area (Å²) in [7, 11) is -5.11. The third-order valence-electron chi connectivity index (χ3n) is 2.66. The molecule has 26 heavy (non-hydrogen) atoms. The van der Waals surface area contributed by atoms with Crippen molar-refractivity contribution >= 4 is 112 Å². The molecule has 1 aromatic carbocycles. The number of benzene rings is 1. The summed E-state index contributed by atoms with van der Waals surface area (Å²) in [4.78, 5) is 23.8. The summed E-state index contributed by atoms with van der Waals surface area (Å²) in [5, 5.41) is 9.34. The first-order chi connectivity index (χ1) is 11.6. The molecule has 0 aromatic heterocycles. The van der Waals surface area contributed by atoms with Crippen LogP contribution in [-0.4, -0.2) is 48.0 Å². The minimum absolute atomic E-state index is 0.0446. The van der Waals surface area contributed by atoms with Gasteiger partial charge < -0.3 is 9.84 Å². The Morgan fingerprint density at radius 1 is 1.00 bits per heavy atom. The van der Waals surface area contributed by atoms with Crippen LogP contribution in [0.5, 0.6) is 0 Å². The Bertz CT molecular complexity index is 870. The molecule has 7 nitrogen and oxygen atoms in total. The van der Waals surface area contributed by atoms with Gasteiger partial charge in [-0.25, -0.2) is 9.59 Å². The lowest BCUT2D eigenvalue weighted by Crippen LogP contribution is -2.40. The van der Waals surface area contributed by atoms with E-state index in [0.717, 1.165) is 0 Å². The van der Waals surface area contributed by atoms with Crippen LogP contribution < -0.4 is 0 Å². The van der Waals surface area contributed by atoms with Crippen LogP contribution in [0.4, 0.5) is 13.2 Å². The number of carbonyl (C=O) groups excluding carboxylic acids is 1. The van der Waals surface area contributed by atoms with Gasteiger partial charge >= 0.3 is 18.1 Å². The molecule has 0 aliphatic rings. The number of ether oxygens (including phenoxy) is 1. The first kappa shape index (κ1) is 24.8. The van der Waals surface area contributed by atoms with E-state index in [1.54, 1.807) is 67.8 Å². The lowest BCUT2D eigenvalue weighted by Gasteiger charge is -2.21. The van der Waals surface area contributed by atoms with E-state index in [1.807, 2.05) is 22.6 Å². The molecule has 1 unspecified atom stereocenters. The standard InChI is InChI=1S/C11H5F3I4O7S/c12-11(13,14)2(1-26(22,23)24)25-10(21)4-3(9(19)20)5(15)7(17)8(18)6(4)16/h2H,1H2,(H,19,20)(H,22,23,24). The second kappa shape index (κ2) is 9.07. The molecule has 0 spiro atoms. The van der Waals surface area contributed by atoms with Crippen molar-refractivity contribution in [1.29, 1.82) is 0 Å². The van der Waals surface area contributed by atoms with Gasteiger partial charge in [0.05, 0.1) is 11.1 Å². The third kappa shape index (κ3) is 6.14. The number of hydrogen-bond acceptors (Lipinski definition) is 5. The van der Waals surface area contributed by atoms with Crippen LogP contribution in [0.3, 0.4) is 0 Å². The molecular formula is C11H5F3I4O7S. The Morgan fingerprint density at radius 3 is 1.77 bits per heavy atom. The summed E-state index contributed by atoms with van der Waals surface area (Å²) in [6.45, 7) is 0. The maximum absolute atomic E-state index is 12.9. The zero-order valence-corrected chi connectivity index (χ0v) is 21.2. The summed E-state index contributed by atoms with van der Waals surface area (Å²) < 4.78 is 74.3. The molecule has 0 saturated carbocycles. The van der Waals surface area contributed by atoms with Crippen molar-refractivity contribution < 1.29 is 45.6 Å². The number of carboxylic acids is 1. The van der Waals surface area contributed by atoms with Crippen molar-refractivity contribution in [3.05, 3.63) is 25.4 Å². The second-order valence-corrected chi connectivity index (χ2v) is 10.3. The van der Waals surface area contributed by atoms with Crippen molar-refractivity contribution in [1.82, 2.24) is 0 Å². The predicted molar refractivity (Wildman–Crippen MR) is 116 cm³/mol. The van der Waals surface area contributed by atoms with E-state index in [0.29, 0.717) is 7.14 Å². The highest BCUT2D eigenvalue weighted by molar-refractivity contribution is 14.1. The topological polar surface area (TPSA) is 118 Å². The third-order valence-corrected chi connectivity index (χ3v) is 10.8. The summed E-state index contributed by atoms with van der Waals surface area (Å²) >= 11 is 6.83. The van der Waals surface area contributed by atoms with Crippen molar-refractivity contribution in [3.8, 4) is 0 Å². The molecule has 0 saturated heterocycles. The van der Waals surface area contributed by atoms with E-state index in [2.05, 4.69) is 4.74 Å². The lowest BCUT2D eigenvalue weighted by molar-refractivity contribution is -0.197. The molecular weight excluding hydrogens is 841 g/mol. The minimum Gasteiger partial charge on any atom is -0.478 e. The lowest BCUT2D eigenvalue weighted by atomic mass is 10.1. The molecule has 15 heteroatoms. The minimum atomic E-state index is -5.29. The van der Waals surface area contributed by atoms with Crippen LogP contribution >= 0.6 is 90.4 Å². The van der Waals surface area contributed by atoms with Crippen LogP contribution in [0, 0.1) is 14.3 Å². The molecule has 1 aromatic rings.